The monoisotopic (exact) mass is 448 g/mol. The Labute approximate surface area is 186 Å². The van der Waals surface area contributed by atoms with Crippen LogP contribution >= 0.6 is 22.7 Å². The van der Waals surface area contributed by atoms with Gasteiger partial charge in [-0.15, -0.1) is 22.7 Å². The Hall–Kier alpha value is -1.80. The lowest BCUT2D eigenvalue weighted by molar-refractivity contribution is -0.128. The fourth-order valence-corrected chi connectivity index (χ4v) is 5.58. The van der Waals surface area contributed by atoms with Gasteiger partial charge in [-0.2, -0.15) is 0 Å². The Morgan fingerprint density at radius 3 is 1.73 bits per heavy atom. The standard InChI is InChI=1S/C22H32N4O2S2/c1-3-20-25-16(14-29-20)12-23-18(27)10-22(8-6-5-7-9-22)11-19(28)24-13-17-15-30-21(4-2)26-17/h14-15H,3-13H2,1-2H3,(H,23,27)(H,24,28). The van der Waals surface area contributed by atoms with Crippen LogP contribution in [0.1, 0.15) is 80.2 Å². The molecular formula is C22H32N4O2S2. The van der Waals surface area contributed by atoms with E-state index in [-0.39, 0.29) is 17.2 Å². The maximum atomic E-state index is 12.7. The first-order valence-electron chi connectivity index (χ1n) is 10.9. The zero-order valence-electron chi connectivity index (χ0n) is 18.0. The first kappa shape index (κ1) is 22.9. The van der Waals surface area contributed by atoms with Crippen LogP contribution in [-0.4, -0.2) is 21.8 Å². The van der Waals surface area contributed by atoms with E-state index in [1.54, 1.807) is 22.7 Å². The molecule has 2 N–H and O–H groups in total. The lowest BCUT2D eigenvalue weighted by Crippen LogP contribution is -2.37. The average molecular weight is 449 g/mol. The van der Waals surface area contributed by atoms with Gasteiger partial charge in [0.15, 0.2) is 0 Å². The highest BCUT2D eigenvalue weighted by Gasteiger charge is 2.36. The summed E-state index contributed by atoms with van der Waals surface area (Å²) < 4.78 is 0. The van der Waals surface area contributed by atoms with Crippen LogP contribution in [-0.2, 0) is 35.5 Å². The molecule has 0 atom stereocenters. The molecule has 164 valence electrons. The lowest BCUT2D eigenvalue weighted by Gasteiger charge is -2.36. The van der Waals surface area contributed by atoms with Gasteiger partial charge in [0.05, 0.1) is 34.5 Å². The van der Waals surface area contributed by atoms with Crippen LogP contribution in [0.3, 0.4) is 0 Å². The van der Waals surface area contributed by atoms with E-state index < -0.39 is 0 Å². The van der Waals surface area contributed by atoms with E-state index in [0.29, 0.717) is 25.9 Å². The molecule has 0 aromatic carbocycles. The maximum absolute atomic E-state index is 12.7. The molecule has 3 rings (SSSR count). The highest BCUT2D eigenvalue weighted by Crippen LogP contribution is 2.42. The topological polar surface area (TPSA) is 84.0 Å². The van der Waals surface area contributed by atoms with Crippen molar-refractivity contribution in [3.63, 3.8) is 0 Å². The van der Waals surface area contributed by atoms with Crippen molar-refractivity contribution >= 4 is 34.5 Å². The third kappa shape index (κ3) is 6.60. The van der Waals surface area contributed by atoms with Crippen molar-refractivity contribution in [3.05, 3.63) is 32.2 Å². The SMILES string of the molecule is CCc1nc(CNC(=O)CC2(CC(=O)NCc3csc(CC)n3)CCCCC2)cs1. The Kier molecular flexibility index (Phi) is 8.39. The number of aromatic nitrogens is 2. The summed E-state index contributed by atoms with van der Waals surface area (Å²) in [5, 5.41) is 12.2. The van der Waals surface area contributed by atoms with Crippen LogP contribution in [0.15, 0.2) is 10.8 Å². The molecule has 1 aliphatic carbocycles. The molecule has 0 radical (unpaired) electrons. The van der Waals surface area contributed by atoms with Crippen LogP contribution in [0.25, 0.3) is 0 Å². The summed E-state index contributed by atoms with van der Waals surface area (Å²) in [4.78, 5) is 34.4. The first-order valence-corrected chi connectivity index (χ1v) is 12.7. The second kappa shape index (κ2) is 11.0. The summed E-state index contributed by atoms with van der Waals surface area (Å²) in [5.74, 6) is 0.0330. The number of nitrogens with one attached hydrogen (secondary N) is 2. The Morgan fingerprint density at radius 2 is 1.33 bits per heavy atom. The summed E-state index contributed by atoms with van der Waals surface area (Å²) in [6.07, 6.45) is 7.85. The summed E-state index contributed by atoms with van der Waals surface area (Å²) in [7, 11) is 0. The smallest absolute Gasteiger partial charge is 0.220 e. The fraction of sp³-hybridized carbons (Fsp3) is 0.636. The number of aryl methyl sites for hydroxylation is 2. The van der Waals surface area contributed by atoms with Gasteiger partial charge in [-0.05, 0) is 31.1 Å². The van der Waals surface area contributed by atoms with Crippen molar-refractivity contribution < 1.29 is 9.59 Å². The summed E-state index contributed by atoms with van der Waals surface area (Å²) in [6.45, 7) is 5.08. The van der Waals surface area contributed by atoms with Crippen molar-refractivity contribution in [2.24, 2.45) is 5.41 Å². The van der Waals surface area contributed by atoms with E-state index >= 15 is 0 Å². The Bertz CT molecular complexity index is 778. The van der Waals surface area contributed by atoms with Gasteiger partial charge in [-0.3, -0.25) is 9.59 Å². The van der Waals surface area contributed by atoms with Crippen molar-refractivity contribution in [3.8, 4) is 0 Å². The molecule has 2 heterocycles. The molecule has 0 unspecified atom stereocenters. The molecule has 0 saturated heterocycles. The van der Waals surface area contributed by atoms with Crippen molar-refractivity contribution in [1.82, 2.24) is 20.6 Å². The third-order valence-electron chi connectivity index (χ3n) is 5.72. The molecule has 0 spiro atoms. The van der Waals surface area contributed by atoms with Gasteiger partial charge < -0.3 is 10.6 Å². The van der Waals surface area contributed by atoms with Gasteiger partial charge in [0.25, 0.3) is 0 Å². The number of amides is 2. The summed E-state index contributed by atoms with van der Waals surface area (Å²) >= 11 is 3.26. The molecule has 2 amide bonds. The van der Waals surface area contributed by atoms with Gasteiger partial charge in [0.2, 0.25) is 11.8 Å². The second-order valence-corrected chi connectivity index (χ2v) is 10.0. The molecule has 0 aliphatic heterocycles. The second-order valence-electron chi connectivity index (χ2n) is 8.14. The van der Waals surface area contributed by atoms with Crippen molar-refractivity contribution in [1.29, 1.82) is 0 Å². The third-order valence-corrected chi connectivity index (χ3v) is 7.81. The normalized spacial score (nSPS) is 15.7. The number of nitrogens with zero attached hydrogens (tertiary/aromatic N) is 2. The minimum atomic E-state index is -0.236. The predicted molar refractivity (Wildman–Crippen MR) is 121 cm³/mol. The first-order chi connectivity index (χ1) is 14.5. The van der Waals surface area contributed by atoms with E-state index in [1.807, 2.05) is 10.8 Å². The number of rotatable bonds is 10. The quantitative estimate of drug-likeness (QED) is 0.565. The summed E-state index contributed by atoms with van der Waals surface area (Å²) in [5.41, 5.74) is 1.59. The van der Waals surface area contributed by atoms with Gasteiger partial charge in [-0.25, -0.2) is 9.97 Å². The van der Waals surface area contributed by atoms with Crippen LogP contribution < -0.4 is 10.6 Å². The largest absolute Gasteiger partial charge is 0.350 e. The summed E-state index contributed by atoms with van der Waals surface area (Å²) in [6, 6.07) is 0. The molecule has 2 aromatic rings. The zero-order valence-corrected chi connectivity index (χ0v) is 19.6. The Morgan fingerprint density at radius 1 is 0.867 bits per heavy atom. The maximum Gasteiger partial charge on any atom is 0.220 e. The molecular weight excluding hydrogens is 416 g/mol. The van der Waals surface area contributed by atoms with E-state index in [9.17, 15) is 9.59 Å². The minimum absolute atomic E-state index is 0.0165. The lowest BCUT2D eigenvalue weighted by atomic mass is 9.69. The molecule has 2 aromatic heterocycles. The van der Waals surface area contributed by atoms with Crippen LogP contribution in [0.2, 0.25) is 0 Å². The molecule has 1 aliphatic rings. The zero-order chi connectivity index (χ0) is 21.4. The van der Waals surface area contributed by atoms with Crippen molar-refractivity contribution in [2.75, 3.05) is 0 Å². The van der Waals surface area contributed by atoms with Gasteiger partial charge in [0, 0.05) is 23.6 Å². The number of hydrogen-bond donors (Lipinski definition) is 2. The van der Waals surface area contributed by atoms with Gasteiger partial charge in [-0.1, -0.05) is 33.1 Å². The molecule has 30 heavy (non-hydrogen) atoms. The van der Waals surface area contributed by atoms with E-state index in [1.165, 1.54) is 6.42 Å². The van der Waals surface area contributed by atoms with Gasteiger partial charge >= 0.3 is 0 Å². The van der Waals surface area contributed by atoms with E-state index in [0.717, 1.165) is 59.9 Å². The Balaban J connectivity index is 1.52. The molecule has 1 fully saturated rings. The minimum Gasteiger partial charge on any atom is -0.350 e. The van der Waals surface area contributed by atoms with Crippen LogP contribution in [0.5, 0.6) is 0 Å². The molecule has 1 saturated carbocycles. The van der Waals surface area contributed by atoms with Crippen LogP contribution in [0, 0.1) is 5.41 Å². The molecule has 0 bridgehead atoms. The average Bonchev–Trinajstić information content (AvgIpc) is 3.40. The highest BCUT2D eigenvalue weighted by molar-refractivity contribution is 7.09. The van der Waals surface area contributed by atoms with Crippen molar-refractivity contribution in [2.45, 2.75) is 84.7 Å². The molecule has 8 heteroatoms. The number of carbonyl (C=O) groups excluding carboxylic acids is 2. The fourth-order valence-electron chi connectivity index (χ4n) is 4.09. The number of carbonyl (C=O) groups is 2. The van der Waals surface area contributed by atoms with Gasteiger partial charge in [0.1, 0.15) is 0 Å². The predicted octanol–water partition coefficient (Wildman–Crippen LogP) is 4.39. The number of thiazole rings is 2. The highest BCUT2D eigenvalue weighted by atomic mass is 32.1. The van der Waals surface area contributed by atoms with Crippen LogP contribution in [0.4, 0.5) is 0 Å². The van der Waals surface area contributed by atoms with E-state index in [4.69, 9.17) is 0 Å². The molecule has 6 nitrogen and oxygen atoms in total. The van der Waals surface area contributed by atoms with E-state index in [2.05, 4.69) is 34.4 Å². The number of hydrogen-bond acceptors (Lipinski definition) is 6.